The Morgan fingerprint density at radius 1 is 0.941 bits per heavy atom. The van der Waals surface area contributed by atoms with E-state index < -0.39 is 0 Å². The van der Waals surface area contributed by atoms with Gasteiger partial charge in [0, 0.05) is 5.33 Å². The van der Waals surface area contributed by atoms with Crippen molar-refractivity contribution >= 4 is 15.9 Å². The van der Waals surface area contributed by atoms with Crippen LogP contribution in [-0.2, 0) is 11.8 Å². The summed E-state index contributed by atoms with van der Waals surface area (Å²) in [6.45, 7) is 2.22. The molecule has 0 aromatic heterocycles. The molecule has 0 aliphatic rings. The lowest BCUT2D eigenvalue weighted by Gasteiger charge is -2.08. The molecule has 0 saturated carbocycles. The molecule has 0 spiro atoms. The van der Waals surface area contributed by atoms with Crippen molar-refractivity contribution in [2.75, 3.05) is 0 Å². The quantitative estimate of drug-likeness (QED) is 0.678. The van der Waals surface area contributed by atoms with Crippen molar-refractivity contribution in [3.05, 3.63) is 59.7 Å². The summed E-state index contributed by atoms with van der Waals surface area (Å²) >= 11 is 3.54. The van der Waals surface area contributed by atoms with E-state index in [2.05, 4.69) is 71.4 Å². The van der Waals surface area contributed by atoms with Crippen molar-refractivity contribution in [1.82, 2.24) is 0 Å². The highest BCUT2D eigenvalue weighted by atomic mass is 79.9. The van der Waals surface area contributed by atoms with Gasteiger partial charge >= 0.3 is 0 Å². The zero-order valence-corrected chi connectivity index (χ0v) is 11.7. The third kappa shape index (κ3) is 2.98. The summed E-state index contributed by atoms with van der Waals surface area (Å²) in [4.78, 5) is 0. The largest absolute Gasteiger partial charge is 0.0876 e. The Labute approximate surface area is 112 Å². The molecule has 0 heterocycles. The smallest absolute Gasteiger partial charge is 0.0289 e. The number of hydrogen-bond acceptors (Lipinski definition) is 0. The van der Waals surface area contributed by atoms with Crippen molar-refractivity contribution in [1.29, 1.82) is 0 Å². The average molecular weight is 289 g/mol. The standard InChI is InChI=1S/C16H17Br/c1-2-5-13-8-10-14(11-9-13)16-7-4-3-6-15(16)12-17/h3-4,6-11H,2,5,12H2,1H3. The fourth-order valence-corrected chi connectivity index (χ4v) is 2.55. The molecule has 2 aromatic rings. The Hall–Kier alpha value is -1.08. The average Bonchev–Trinajstić information content (AvgIpc) is 2.40. The minimum Gasteiger partial charge on any atom is -0.0876 e. The van der Waals surface area contributed by atoms with Crippen molar-refractivity contribution in [2.45, 2.75) is 25.1 Å². The maximum atomic E-state index is 3.54. The Balaban J connectivity index is 2.33. The highest BCUT2D eigenvalue weighted by Gasteiger charge is 2.03. The van der Waals surface area contributed by atoms with Gasteiger partial charge in [0.1, 0.15) is 0 Å². The first-order valence-electron chi connectivity index (χ1n) is 6.08. The summed E-state index contributed by atoms with van der Waals surface area (Å²) in [5, 5.41) is 0.903. The highest BCUT2D eigenvalue weighted by molar-refractivity contribution is 9.08. The molecule has 1 heteroatoms. The van der Waals surface area contributed by atoms with Gasteiger partial charge in [-0.1, -0.05) is 77.8 Å². The van der Waals surface area contributed by atoms with Gasteiger partial charge in [-0.3, -0.25) is 0 Å². The van der Waals surface area contributed by atoms with E-state index in [0.29, 0.717) is 0 Å². The SMILES string of the molecule is CCCc1ccc(-c2ccccc2CBr)cc1. The van der Waals surface area contributed by atoms with E-state index in [0.717, 1.165) is 5.33 Å². The fourth-order valence-electron chi connectivity index (χ4n) is 2.06. The first-order valence-corrected chi connectivity index (χ1v) is 7.20. The van der Waals surface area contributed by atoms with Crippen LogP contribution in [0.2, 0.25) is 0 Å². The van der Waals surface area contributed by atoms with Crippen LogP contribution in [0.1, 0.15) is 24.5 Å². The predicted octanol–water partition coefficient (Wildman–Crippen LogP) is 5.20. The molecule has 0 amide bonds. The Morgan fingerprint density at radius 2 is 1.65 bits per heavy atom. The molecular formula is C16H17Br. The molecule has 17 heavy (non-hydrogen) atoms. The number of alkyl halides is 1. The number of aryl methyl sites for hydroxylation is 1. The summed E-state index contributed by atoms with van der Waals surface area (Å²) in [6.07, 6.45) is 2.37. The molecular weight excluding hydrogens is 272 g/mol. The van der Waals surface area contributed by atoms with Crippen LogP contribution in [0.15, 0.2) is 48.5 Å². The molecule has 0 bridgehead atoms. The number of hydrogen-bond donors (Lipinski definition) is 0. The van der Waals surface area contributed by atoms with Gasteiger partial charge < -0.3 is 0 Å². The molecule has 0 nitrogen and oxygen atoms in total. The second-order valence-corrected chi connectivity index (χ2v) is 4.80. The van der Waals surface area contributed by atoms with Gasteiger partial charge in [0.05, 0.1) is 0 Å². The minimum absolute atomic E-state index is 0.903. The topological polar surface area (TPSA) is 0 Å². The van der Waals surface area contributed by atoms with Crippen molar-refractivity contribution in [3.63, 3.8) is 0 Å². The van der Waals surface area contributed by atoms with E-state index in [1.165, 1.54) is 35.1 Å². The number of halogens is 1. The van der Waals surface area contributed by atoms with Crippen molar-refractivity contribution in [2.24, 2.45) is 0 Å². The van der Waals surface area contributed by atoms with Gasteiger partial charge in [-0.25, -0.2) is 0 Å². The molecule has 0 radical (unpaired) electrons. The second kappa shape index (κ2) is 6.02. The Bertz CT molecular complexity index is 471. The van der Waals surface area contributed by atoms with Crippen molar-refractivity contribution in [3.8, 4) is 11.1 Å². The molecule has 0 saturated heterocycles. The monoisotopic (exact) mass is 288 g/mol. The molecule has 88 valence electrons. The Kier molecular flexibility index (Phi) is 4.38. The second-order valence-electron chi connectivity index (χ2n) is 4.24. The van der Waals surface area contributed by atoms with E-state index >= 15 is 0 Å². The summed E-state index contributed by atoms with van der Waals surface area (Å²) < 4.78 is 0. The van der Waals surface area contributed by atoms with Crippen LogP contribution in [0.5, 0.6) is 0 Å². The normalized spacial score (nSPS) is 10.5. The lowest BCUT2D eigenvalue weighted by molar-refractivity contribution is 0.922. The molecule has 2 rings (SSSR count). The van der Waals surface area contributed by atoms with Gasteiger partial charge in [0.15, 0.2) is 0 Å². The Morgan fingerprint density at radius 3 is 2.29 bits per heavy atom. The van der Waals surface area contributed by atoms with Gasteiger partial charge in [-0.05, 0) is 28.7 Å². The van der Waals surface area contributed by atoms with E-state index in [1.807, 2.05) is 0 Å². The zero-order chi connectivity index (χ0) is 12.1. The molecule has 0 N–H and O–H groups in total. The van der Waals surface area contributed by atoms with Crippen molar-refractivity contribution < 1.29 is 0 Å². The maximum Gasteiger partial charge on any atom is 0.0289 e. The minimum atomic E-state index is 0.903. The van der Waals surface area contributed by atoms with Crippen LogP contribution in [-0.4, -0.2) is 0 Å². The molecule has 0 aliphatic carbocycles. The molecule has 0 aliphatic heterocycles. The van der Waals surface area contributed by atoms with E-state index in [9.17, 15) is 0 Å². The molecule has 0 fully saturated rings. The van der Waals surface area contributed by atoms with Crippen LogP contribution in [0.25, 0.3) is 11.1 Å². The van der Waals surface area contributed by atoms with E-state index in [-0.39, 0.29) is 0 Å². The van der Waals surface area contributed by atoms with E-state index in [4.69, 9.17) is 0 Å². The van der Waals surface area contributed by atoms with Gasteiger partial charge in [0.25, 0.3) is 0 Å². The summed E-state index contributed by atoms with van der Waals surface area (Å²) in [7, 11) is 0. The van der Waals surface area contributed by atoms with Crippen LogP contribution in [0.3, 0.4) is 0 Å². The first kappa shape index (κ1) is 12.4. The first-order chi connectivity index (χ1) is 8.35. The number of rotatable bonds is 4. The van der Waals surface area contributed by atoms with Gasteiger partial charge in [-0.2, -0.15) is 0 Å². The lowest BCUT2D eigenvalue weighted by atomic mass is 9.99. The van der Waals surface area contributed by atoms with Gasteiger partial charge in [0.2, 0.25) is 0 Å². The van der Waals surface area contributed by atoms with Crippen LogP contribution in [0.4, 0.5) is 0 Å². The molecule has 2 aromatic carbocycles. The predicted molar refractivity (Wildman–Crippen MR) is 78.5 cm³/mol. The highest BCUT2D eigenvalue weighted by Crippen LogP contribution is 2.25. The van der Waals surface area contributed by atoms with E-state index in [1.54, 1.807) is 0 Å². The third-order valence-corrected chi connectivity index (χ3v) is 3.57. The maximum absolute atomic E-state index is 3.54. The summed E-state index contributed by atoms with van der Waals surface area (Å²) in [5.41, 5.74) is 5.40. The fraction of sp³-hybridized carbons (Fsp3) is 0.250. The van der Waals surface area contributed by atoms with Gasteiger partial charge in [-0.15, -0.1) is 0 Å². The zero-order valence-electron chi connectivity index (χ0n) is 10.1. The lowest BCUT2D eigenvalue weighted by Crippen LogP contribution is -1.87. The molecule has 0 atom stereocenters. The van der Waals surface area contributed by atoms with Crippen LogP contribution >= 0.6 is 15.9 Å². The third-order valence-electron chi connectivity index (χ3n) is 2.96. The summed E-state index contributed by atoms with van der Waals surface area (Å²) in [5.74, 6) is 0. The summed E-state index contributed by atoms with van der Waals surface area (Å²) in [6, 6.07) is 17.5. The van der Waals surface area contributed by atoms with Crippen LogP contribution < -0.4 is 0 Å². The molecule has 0 unspecified atom stereocenters. The number of benzene rings is 2. The van der Waals surface area contributed by atoms with Crippen LogP contribution in [0, 0.1) is 0 Å².